The molecule has 0 unspecified atom stereocenters. The van der Waals surface area contributed by atoms with E-state index in [0.29, 0.717) is 0 Å². The third kappa shape index (κ3) is 4.61. The number of hydrogen-bond acceptors (Lipinski definition) is 1. The fourth-order valence-corrected chi connectivity index (χ4v) is 3.71. The van der Waals surface area contributed by atoms with Crippen LogP contribution in [0.1, 0.15) is 57.4 Å². The van der Waals surface area contributed by atoms with E-state index >= 15 is 0 Å². The van der Waals surface area contributed by atoms with Crippen molar-refractivity contribution in [3.63, 3.8) is 0 Å². The Morgan fingerprint density at radius 1 is 1.32 bits per heavy atom. The van der Waals surface area contributed by atoms with Crippen LogP contribution in [0.15, 0.2) is 28.7 Å². The van der Waals surface area contributed by atoms with E-state index in [2.05, 4.69) is 47.1 Å². The standard InChI is InChI=1S/C17H26BrN/c1-2-3-5-14-8-10-17(19,11-9-14)13-15-6-4-7-16(18)12-15/h4,6-7,12,14H,2-3,5,8-11,13,19H2,1H3. The molecule has 0 radical (unpaired) electrons. The summed E-state index contributed by atoms with van der Waals surface area (Å²) in [6, 6.07) is 8.59. The van der Waals surface area contributed by atoms with Gasteiger partial charge in [0.25, 0.3) is 0 Å². The van der Waals surface area contributed by atoms with Crippen LogP contribution in [-0.2, 0) is 6.42 Å². The van der Waals surface area contributed by atoms with Crippen LogP contribution in [0.3, 0.4) is 0 Å². The van der Waals surface area contributed by atoms with E-state index in [4.69, 9.17) is 5.73 Å². The van der Waals surface area contributed by atoms with E-state index in [1.54, 1.807) is 0 Å². The van der Waals surface area contributed by atoms with E-state index in [9.17, 15) is 0 Å². The van der Waals surface area contributed by atoms with Crippen LogP contribution in [0.4, 0.5) is 0 Å². The van der Waals surface area contributed by atoms with Gasteiger partial charge in [-0.3, -0.25) is 0 Å². The maximum Gasteiger partial charge on any atom is 0.0195 e. The quantitative estimate of drug-likeness (QED) is 0.804. The van der Waals surface area contributed by atoms with Gasteiger partial charge in [-0.15, -0.1) is 0 Å². The van der Waals surface area contributed by atoms with E-state index in [1.165, 1.54) is 50.5 Å². The molecule has 0 spiro atoms. The Morgan fingerprint density at radius 2 is 2.05 bits per heavy atom. The van der Waals surface area contributed by atoms with Crippen LogP contribution in [-0.4, -0.2) is 5.54 Å². The zero-order chi connectivity index (χ0) is 13.7. The maximum absolute atomic E-state index is 6.62. The maximum atomic E-state index is 6.62. The SMILES string of the molecule is CCCCC1CCC(N)(Cc2cccc(Br)c2)CC1. The molecule has 1 aliphatic rings. The van der Waals surface area contributed by atoms with E-state index < -0.39 is 0 Å². The molecule has 2 N–H and O–H groups in total. The number of unbranched alkanes of at least 4 members (excludes halogenated alkanes) is 1. The van der Waals surface area contributed by atoms with Crippen molar-refractivity contribution >= 4 is 15.9 Å². The number of hydrogen-bond donors (Lipinski definition) is 1. The molecule has 106 valence electrons. The largest absolute Gasteiger partial charge is 0.325 e. The average molecular weight is 324 g/mol. The van der Waals surface area contributed by atoms with Gasteiger partial charge in [0.2, 0.25) is 0 Å². The molecule has 0 amide bonds. The second kappa shape index (κ2) is 6.90. The zero-order valence-corrected chi connectivity index (χ0v) is 13.6. The molecule has 0 aromatic heterocycles. The van der Waals surface area contributed by atoms with Crippen molar-refractivity contribution in [1.29, 1.82) is 0 Å². The van der Waals surface area contributed by atoms with Gasteiger partial charge < -0.3 is 5.73 Å². The van der Waals surface area contributed by atoms with Gasteiger partial charge in [0, 0.05) is 10.0 Å². The van der Waals surface area contributed by atoms with Crippen molar-refractivity contribution in [3.8, 4) is 0 Å². The van der Waals surface area contributed by atoms with E-state index in [0.717, 1.165) is 16.8 Å². The minimum absolute atomic E-state index is 0.0313. The highest BCUT2D eigenvalue weighted by atomic mass is 79.9. The molecular weight excluding hydrogens is 298 g/mol. The lowest BCUT2D eigenvalue weighted by molar-refractivity contribution is 0.221. The summed E-state index contributed by atoms with van der Waals surface area (Å²) in [5.74, 6) is 0.930. The highest BCUT2D eigenvalue weighted by Gasteiger charge is 2.31. The van der Waals surface area contributed by atoms with Crippen molar-refractivity contribution in [2.45, 2.75) is 63.8 Å². The topological polar surface area (TPSA) is 26.0 Å². The van der Waals surface area contributed by atoms with Crippen LogP contribution in [0, 0.1) is 5.92 Å². The first-order valence-electron chi connectivity index (χ1n) is 7.65. The Bertz CT molecular complexity index is 394. The van der Waals surface area contributed by atoms with Crippen LogP contribution in [0.5, 0.6) is 0 Å². The van der Waals surface area contributed by atoms with Crippen molar-refractivity contribution in [1.82, 2.24) is 0 Å². The normalized spacial score (nSPS) is 27.4. The van der Waals surface area contributed by atoms with Crippen molar-refractivity contribution in [2.24, 2.45) is 11.7 Å². The van der Waals surface area contributed by atoms with Gasteiger partial charge in [0.15, 0.2) is 0 Å². The van der Waals surface area contributed by atoms with Gasteiger partial charge in [-0.25, -0.2) is 0 Å². The molecular formula is C17H26BrN. The Morgan fingerprint density at radius 3 is 2.68 bits per heavy atom. The minimum atomic E-state index is 0.0313. The van der Waals surface area contributed by atoms with Crippen LogP contribution >= 0.6 is 15.9 Å². The third-order valence-corrected chi connectivity index (χ3v) is 5.01. The van der Waals surface area contributed by atoms with Gasteiger partial charge >= 0.3 is 0 Å². The molecule has 1 fully saturated rings. The third-order valence-electron chi connectivity index (χ3n) is 4.51. The molecule has 0 bridgehead atoms. The molecule has 1 aliphatic carbocycles. The van der Waals surface area contributed by atoms with Gasteiger partial charge in [0.1, 0.15) is 0 Å². The molecule has 1 saturated carbocycles. The molecule has 0 saturated heterocycles. The summed E-state index contributed by atoms with van der Waals surface area (Å²) >= 11 is 3.54. The molecule has 2 rings (SSSR count). The molecule has 2 heteroatoms. The van der Waals surface area contributed by atoms with Crippen LogP contribution < -0.4 is 5.73 Å². The summed E-state index contributed by atoms with van der Waals surface area (Å²) in [5, 5.41) is 0. The van der Waals surface area contributed by atoms with E-state index in [-0.39, 0.29) is 5.54 Å². The molecule has 0 aliphatic heterocycles. The summed E-state index contributed by atoms with van der Waals surface area (Å²) in [6.07, 6.45) is 10.2. The van der Waals surface area contributed by atoms with Gasteiger partial charge in [-0.1, -0.05) is 54.2 Å². The summed E-state index contributed by atoms with van der Waals surface area (Å²) in [7, 11) is 0. The Labute approximate surface area is 126 Å². The monoisotopic (exact) mass is 323 g/mol. The number of nitrogens with two attached hydrogens (primary N) is 1. The Balaban J connectivity index is 1.87. The summed E-state index contributed by atoms with van der Waals surface area (Å²) in [6.45, 7) is 2.28. The van der Waals surface area contributed by atoms with Crippen LogP contribution in [0.25, 0.3) is 0 Å². The Hall–Kier alpha value is -0.340. The van der Waals surface area contributed by atoms with Crippen molar-refractivity contribution < 1.29 is 0 Å². The summed E-state index contributed by atoms with van der Waals surface area (Å²) < 4.78 is 1.16. The summed E-state index contributed by atoms with van der Waals surface area (Å²) in [4.78, 5) is 0. The van der Waals surface area contributed by atoms with Gasteiger partial charge in [-0.05, 0) is 55.7 Å². The predicted molar refractivity (Wildman–Crippen MR) is 86.2 cm³/mol. The minimum Gasteiger partial charge on any atom is -0.325 e. The first-order valence-corrected chi connectivity index (χ1v) is 8.44. The predicted octanol–water partition coefficient (Wildman–Crippen LogP) is 5.07. The van der Waals surface area contributed by atoms with Gasteiger partial charge in [-0.2, -0.15) is 0 Å². The lowest BCUT2D eigenvalue weighted by Gasteiger charge is -2.37. The highest BCUT2D eigenvalue weighted by Crippen LogP contribution is 2.35. The second-order valence-electron chi connectivity index (χ2n) is 6.25. The van der Waals surface area contributed by atoms with Gasteiger partial charge in [0.05, 0.1) is 0 Å². The molecule has 1 nitrogen and oxygen atoms in total. The first-order chi connectivity index (χ1) is 9.11. The number of rotatable bonds is 5. The fraction of sp³-hybridized carbons (Fsp3) is 0.647. The number of halogens is 1. The molecule has 1 aromatic carbocycles. The Kier molecular flexibility index (Phi) is 5.47. The number of benzene rings is 1. The average Bonchev–Trinajstić information content (AvgIpc) is 2.38. The smallest absolute Gasteiger partial charge is 0.0195 e. The molecule has 1 aromatic rings. The fourth-order valence-electron chi connectivity index (χ4n) is 3.26. The molecule has 0 heterocycles. The molecule has 19 heavy (non-hydrogen) atoms. The van der Waals surface area contributed by atoms with Crippen molar-refractivity contribution in [2.75, 3.05) is 0 Å². The first kappa shape index (κ1) is 15.1. The lowest BCUT2D eigenvalue weighted by Crippen LogP contribution is -2.45. The summed E-state index contributed by atoms with van der Waals surface area (Å²) in [5.41, 5.74) is 8.01. The van der Waals surface area contributed by atoms with Crippen molar-refractivity contribution in [3.05, 3.63) is 34.3 Å². The van der Waals surface area contributed by atoms with Crippen LogP contribution in [0.2, 0.25) is 0 Å². The second-order valence-corrected chi connectivity index (χ2v) is 7.17. The molecule has 0 atom stereocenters. The zero-order valence-electron chi connectivity index (χ0n) is 12.0. The lowest BCUT2D eigenvalue weighted by atomic mass is 9.73. The highest BCUT2D eigenvalue weighted by molar-refractivity contribution is 9.10. The van der Waals surface area contributed by atoms with E-state index in [1.807, 2.05) is 0 Å².